The van der Waals surface area contributed by atoms with Crippen molar-refractivity contribution in [3.8, 4) is 0 Å². The monoisotopic (exact) mass is 336 g/mol. The van der Waals surface area contributed by atoms with Crippen molar-refractivity contribution in [2.45, 2.75) is 6.10 Å². The molecule has 1 aromatic carbocycles. The molecule has 0 amide bonds. The molecular formula is C11H7BrCl2OS. The molecule has 0 radical (unpaired) electrons. The summed E-state index contributed by atoms with van der Waals surface area (Å²) in [7, 11) is 0. The van der Waals surface area contributed by atoms with Gasteiger partial charge in [0.05, 0.1) is 14.9 Å². The lowest BCUT2D eigenvalue weighted by atomic mass is 10.1. The Balaban J connectivity index is 2.46. The van der Waals surface area contributed by atoms with Crippen molar-refractivity contribution in [3.63, 3.8) is 0 Å². The van der Waals surface area contributed by atoms with Crippen LogP contribution in [0, 0.1) is 0 Å². The highest BCUT2D eigenvalue weighted by Gasteiger charge is 2.18. The zero-order valence-corrected chi connectivity index (χ0v) is 11.9. The summed E-state index contributed by atoms with van der Waals surface area (Å²) in [4.78, 5) is 0.823. The van der Waals surface area contributed by atoms with Crippen molar-refractivity contribution in [1.29, 1.82) is 0 Å². The first-order chi connectivity index (χ1) is 7.61. The highest BCUT2D eigenvalue weighted by molar-refractivity contribution is 9.10. The van der Waals surface area contributed by atoms with Crippen LogP contribution < -0.4 is 0 Å². The summed E-state index contributed by atoms with van der Waals surface area (Å²) in [5, 5.41) is 13.0. The van der Waals surface area contributed by atoms with Crippen LogP contribution >= 0.6 is 50.5 Å². The summed E-state index contributed by atoms with van der Waals surface area (Å²) >= 11 is 16.8. The highest BCUT2D eigenvalue weighted by Crippen LogP contribution is 2.37. The Morgan fingerprint density at radius 2 is 2.00 bits per heavy atom. The van der Waals surface area contributed by atoms with E-state index in [0.29, 0.717) is 15.6 Å². The molecule has 0 aliphatic carbocycles. The molecule has 1 N–H and O–H groups in total. The Morgan fingerprint density at radius 3 is 2.62 bits per heavy atom. The molecule has 0 saturated heterocycles. The van der Waals surface area contributed by atoms with Crippen LogP contribution in [0.4, 0.5) is 0 Å². The van der Waals surface area contributed by atoms with E-state index < -0.39 is 6.10 Å². The lowest BCUT2D eigenvalue weighted by molar-refractivity contribution is 0.223. The molecule has 0 aliphatic rings. The fourth-order valence-electron chi connectivity index (χ4n) is 1.37. The number of hydrogen-bond donors (Lipinski definition) is 1. The molecule has 5 heteroatoms. The summed E-state index contributed by atoms with van der Waals surface area (Å²) in [5.41, 5.74) is 0.623. The number of benzene rings is 1. The van der Waals surface area contributed by atoms with E-state index in [2.05, 4.69) is 15.9 Å². The summed E-state index contributed by atoms with van der Waals surface area (Å²) in [6, 6.07) is 7.13. The predicted octanol–water partition coefficient (Wildman–Crippen LogP) is 4.90. The van der Waals surface area contributed by atoms with Crippen LogP contribution in [0.25, 0.3) is 0 Å². The second-order valence-electron chi connectivity index (χ2n) is 3.18. The molecule has 84 valence electrons. The fraction of sp³-hybridized carbons (Fsp3) is 0.0909. The summed E-state index contributed by atoms with van der Waals surface area (Å²) in [5.74, 6) is 0. The molecular weight excluding hydrogens is 331 g/mol. The second kappa shape index (κ2) is 5.07. The maximum Gasteiger partial charge on any atom is 0.116 e. The lowest BCUT2D eigenvalue weighted by Gasteiger charge is -2.12. The number of rotatable bonds is 2. The van der Waals surface area contributed by atoms with Gasteiger partial charge in [0.1, 0.15) is 6.10 Å². The fourth-order valence-corrected chi connectivity index (χ4v) is 3.38. The van der Waals surface area contributed by atoms with E-state index in [1.165, 1.54) is 11.3 Å². The van der Waals surface area contributed by atoms with Gasteiger partial charge in [-0.1, -0.05) is 35.3 Å². The van der Waals surface area contributed by atoms with Crippen LogP contribution in [-0.4, -0.2) is 5.11 Å². The van der Waals surface area contributed by atoms with Crippen molar-refractivity contribution >= 4 is 50.5 Å². The summed E-state index contributed by atoms with van der Waals surface area (Å²) in [6.45, 7) is 0. The van der Waals surface area contributed by atoms with Crippen LogP contribution in [0.1, 0.15) is 16.5 Å². The molecule has 1 nitrogen and oxygen atoms in total. The Kier molecular flexibility index (Phi) is 3.93. The smallest absolute Gasteiger partial charge is 0.116 e. The van der Waals surface area contributed by atoms with Gasteiger partial charge in [-0.15, -0.1) is 11.3 Å². The molecule has 0 spiro atoms. The summed E-state index contributed by atoms with van der Waals surface area (Å²) < 4.78 is 0.876. The molecule has 1 heterocycles. The Morgan fingerprint density at radius 1 is 1.25 bits per heavy atom. The van der Waals surface area contributed by atoms with Crippen LogP contribution in [0.2, 0.25) is 10.0 Å². The van der Waals surface area contributed by atoms with Gasteiger partial charge in [0.15, 0.2) is 0 Å². The Bertz CT molecular complexity index is 512. The first-order valence-corrected chi connectivity index (χ1v) is 6.89. The number of halogens is 3. The minimum absolute atomic E-state index is 0.400. The molecule has 0 aliphatic heterocycles. The Hall–Kier alpha value is -0.0600. The maximum atomic E-state index is 10.2. The first kappa shape index (κ1) is 12.4. The van der Waals surface area contributed by atoms with E-state index in [-0.39, 0.29) is 0 Å². The third-order valence-corrected chi connectivity index (χ3v) is 4.93. The van der Waals surface area contributed by atoms with Gasteiger partial charge in [0.2, 0.25) is 0 Å². The molecule has 0 bridgehead atoms. The normalized spacial score (nSPS) is 12.8. The van der Waals surface area contributed by atoms with Crippen molar-refractivity contribution in [2.24, 2.45) is 0 Å². The third kappa shape index (κ3) is 2.29. The molecule has 1 unspecified atom stereocenters. The summed E-state index contributed by atoms with van der Waals surface area (Å²) in [6.07, 6.45) is -0.749. The van der Waals surface area contributed by atoms with Gasteiger partial charge in [-0.2, -0.15) is 0 Å². The topological polar surface area (TPSA) is 20.2 Å². The van der Waals surface area contributed by atoms with Crippen molar-refractivity contribution in [1.82, 2.24) is 0 Å². The van der Waals surface area contributed by atoms with E-state index >= 15 is 0 Å². The van der Waals surface area contributed by atoms with Gasteiger partial charge in [-0.3, -0.25) is 0 Å². The average molecular weight is 338 g/mol. The largest absolute Gasteiger partial charge is 0.383 e. The van der Waals surface area contributed by atoms with Crippen molar-refractivity contribution < 1.29 is 5.11 Å². The lowest BCUT2D eigenvalue weighted by Crippen LogP contribution is -1.98. The van der Waals surface area contributed by atoms with Crippen molar-refractivity contribution in [2.75, 3.05) is 0 Å². The third-order valence-electron chi connectivity index (χ3n) is 2.17. The van der Waals surface area contributed by atoms with E-state index in [9.17, 15) is 5.11 Å². The van der Waals surface area contributed by atoms with Crippen LogP contribution in [-0.2, 0) is 0 Å². The van der Waals surface area contributed by atoms with Gasteiger partial charge in [0.25, 0.3) is 0 Å². The standard InChI is InChI=1S/C11H7BrCl2OS/c12-7-4-5-16-11(7)10(15)6-2-1-3-8(13)9(6)14/h1-5,10,15H. The number of hydrogen-bond acceptors (Lipinski definition) is 2. The highest BCUT2D eigenvalue weighted by atomic mass is 79.9. The van der Waals surface area contributed by atoms with E-state index in [1.54, 1.807) is 18.2 Å². The molecule has 2 aromatic rings. The number of aliphatic hydroxyl groups is 1. The van der Waals surface area contributed by atoms with Crippen LogP contribution in [0.3, 0.4) is 0 Å². The molecule has 1 atom stereocenters. The molecule has 2 rings (SSSR count). The van der Waals surface area contributed by atoms with Gasteiger partial charge < -0.3 is 5.11 Å². The second-order valence-corrected chi connectivity index (χ2v) is 5.77. The van der Waals surface area contributed by atoms with E-state index in [4.69, 9.17) is 23.2 Å². The molecule has 1 aromatic heterocycles. The van der Waals surface area contributed by atoms with Crippen molar-refractivity contribution in [3.05, 3.63) is 54.6 Å². The minimum atomic E-state index is -0.749. The van der Waals surface area contributed by atoms with Crippen LogP contribution in [0.15, 0.2) is 34.1 Å². The van der Waals surface area contributed by atoms with Crippen LogP contribution in [0.5, 0.6) is 0 Å². The zero-order chi connectivity index (χ0) is 11.7. The van der Waals surface area contributed by atoms with Gasteiger partial charge in [0, 0.05) is 10.0 Å². The zero-order valence-electron chi connectivity index (χ0n) is 7.95. The SMILES string of the molecule is OC(c1cccc(Cl)c1Cl)c1sccc1Br. The molecule has 0 fully saturated rings. The van der Waals surface area contributed by atoms with E-state index in [0.717, 1.165) is 9.35 Å². The van der Waals surface area contributed by atoms with Gasteiger partial charge in [-0.25, -0.2) is 0 Å². The average Bonchev–Trinajstić information content (AvgIpc) is 2.68. The Labute approximate surface area is 116 Å². The van der Waals surface area contributed by atoms with E-state index in [1.807, 2.05) is 11.4 Å². The molecule has 0 saturated carbocycles. The van der Waals surface area contributed by atoms with Gasteiger partial charge >= 0.3 is 0 Å². The minimum Gasteiger partial charge on any atom is -0.383 e. The number of aliphatic hydroxyl groups excluding tert-OH is 1. The quantitative estimate of drug-likeness (QED) is 0.826. The predicted molar refractivity (Wildman–Crippen MR) is 72.5 cm³/mol. The maximum absolute atomic E-state index is 10.2. The first-order valence-electron chi connectivity index (χ1n) is 4.46. The number of thiophene rings is 1. The molecule has 16 heavy (non-hydrogen) atoms. The van der Waals surface area contributed by atoms with Gasteiger partial charge in [-0.05, 0) is 33.4 Å².